The molecule has 0 bridgehead atoms. The summed E-state index contributed by atoms with van der Waals surface area (Å²) in [6.07, 6.45) is 3.68. The second-order valence-electron chi connectivity index (χ2n) is 2.97. The molecule has 3 nitrogen and oxygen atoms in total. The molecule has 62 valence electrons. The fraction of sp³-hybridized carbons (Fsp3) is 0.750. The van der Waals surface area contributed by atoms with Gasteiger partial charge in [0.2, 0.25) is 6.41 Å². The average molecular weight is 155 g/mol. The Balaban J connectivity index is 2.72. The Hall–Kier alpha value is -0.860. The molecule has 1 atom stereocenters. The molecule has 0 heterocycles. The average Bonchev–Trinajstić information content (AvgIpc) is 2.35. The Morgan fingerprint density at radius 3 is 2.82 bits per heavy atom. The van der Waals surface area contributed by atoms with Crippen LogP contribution in [-0.4, -0.2) is 17.7 Å². The molecule has 0 aromatic carbocycles. The summed E-state index contributed by atoms with van der Waals surface area (Å²) in [6.45, 7) is 1.93. The van der Waals surface area contributed by atoms with Crippen molar-refractivity contribution in [1.29, 1.82) is 0 Å². The SMILES string of the molecule is CCC1(NC=O)CCCC1=O. The van der Waals surface area contributed by atoms with E-state index in [1.807, 2.05) is 6.92 Å². The lowest BCUT2D eigenvalue weighted by Gasteiger charge is -2.24. The number of hydrogen-bond donors (Lipinski definition) is 1. The number of amides is 1. The van der Waals surface area contributed by atoms with Gasteiger partial charge in [-0.05, 0) is 19.3 Å². The number of Topliss-reactive ketones (excluding diaryl/α,β-unsaturated/α-hetero) is 1. The quantitative estimate of drug-likeness (QED) is 0.608. The van der Waals surface area contributed by atoms with Crippen LogP contribution in [-0.2, 0) is 9.59 Å². The molecule has 1 N–H and O–H groups in total. The van der Waals surface area contributed by atoms with Crippen molar-refractivity contribution >= 4 is 12.2 Å². The molecule has 0 radical (unpaired) electrons. The largest absolute Gasteiger partial charge is 0.346 e. The normalized spacial score (nSPS) is 30.5. The Kier molecular flexibility index (Phi) is 2.27. The maximum atomic E-state index is 11.3. The second kappa shape index (κ2) is 3.03. The third-order valence-corrected chi connectivity index (χ3v) is 2.48. The molecule has 1 fully saturated rings. The first-order valence-corrected chi connectivity index (χ1v) is 4.00. The monoisotopic (exact) mass is 155 g/mol. The maximum absolute atomic E-state index is 11.3. The Morgan fingerprint density at radius 2 is 2.45 bits per heavy atom. The molecular formula is C8H13NO2. The van der Waals surface area contributed by atoms with Crippen LogP contribution < -0.4 is 5.32 Å². The summed E-state index contributed by atoms with van der Waals surface area (Å²) in [5.74, 6) is 0.187. The highest BCUT2D eigenvalue weighted by Crippen LogP contribution is 2.28. The van der Waals surface area contributed by atoms with Crippen LogP contribution in [0.2, 0.25) is 0 Å². The molecule has 0 aromatic rings. The Labute approximate surface area is 66.2 Å². The Morgan fingerprint density at radius 1 is 1.73 bits per heavy atom. The van der Waals surface area contributed by atoms with Gasteiger partial charge in [-0.1, -0.05) is 6.92 Å². The van der Waals surface area contributed by atoms with Gasteiger partial charge in [0.15, 0.2) is 5.78 Å². The number of rotatable bonds is 3. The van der Waals surface area contributed by atoms with Crippen LogP contribution in [0.4, 0.5) is 0 Å². The lowest BCUT2D eigenvalue weighted by molar-refractivity contribution is -0.126. The number of carbonyl (C=O) groups is 2. The highest BCUT2D eigenvalue weighted by atomic mass is 16.1. The standard InChI is InChI=1S/C8H13NO2/c1-2-8(9-6-10)5-3-4-7(8)11/h6H,2-5H2,1H3,(H,9,10). The van der Waals surface area contributed by atoms with Gasteiger partial charge in [-0.3, -0.25) is 9.59 Å². The molecule has 1 aliphatic carbocycles. The molecule has 11 heavy (non-hydrogen) atoms. The fourth-order valence-corrected chi connectivity index (χ4v) is 1.67. The zero-order valence-corrected chi connectivity index (χ0v) is 6.72. The minimum absolute atomic E-state index is 0.187. The number of ketones is 1. The number of nitrogens with one attached hydrogen (secondary N) is 1. The smallest absolute Gasteiger partial charge is 0.207 e. The van der Waals surface area contributed by atoms with E-state index in [0.717, 1.165) is 12.8 Å². The van der Waals surface area contributed by atoms with E-state index in [9.17, 15) is 9.59 Å². The van der Waals surface area contributed by atoms with Crippen LogP contribution >= 0.6 is 0 Å². The molecule has 0 spiro atoms. The lowest BCUT2D eigenvalue weighted by atomic mass is 9.94. The first kappa shape index (κ1) is 8.24. The third-order valence-electron chi connectivity index (χ3n) is 2.48. The summed E-state index contributed by atoms with van der Waals surface area (Å²) < 4.78 is 0. The molecular weight excluding hydrogens is 142 g/mol. The van der Waals surface area contributed by atoms with E-state index >= 15 is 0 Å². The first-order valence-electron chi connectivity index (χ1n) is 4.00. The van der Waals surface area contributed by atoms with Gasteiger partial charge in [0.05, 0.1) is 5.54 Å². The molecule has 1 aliphatic rings. The van der Waals surface area contributed by atoms with Gasteiger partial charge in [-0.15, -0.1) is 0 Å². The van der Waals surface area contributed by atoms with Crippen molar-refractivity contribution in [3.8, 4) is 0 Å². The molecule has 1 saturated carbocycles. The van der Waals surface area contributed by atoms with Crippen molar-refractivity contribution < 1.29 is 9.59 Å². The van der Waals surface area contributed by atoms with E-state index in [-0.39, 0.29) is 5.78 Å². The number of hydrogen-bond acceptors (Lipinski definition) is 2. The molecule has 0 aromatic heterocycles. The van der Waals surface area contributed by atoms with Crippen LogP contribution in [0.3, 0.4) is 0 Å². The minimum Gasteiger partial charge on any atom is -0.346 e. The van der Waals surface area contributed by atoms with Crippen molar-refractivity contribution in [3.63, 3.8) is 0 Å². The summed E-state index contributed by atoms with van der Waals surface area (Å²) >= 11 is 0. The third kappa shape index (κ3) is 1.27. The number of carbonyl (C=O) groups excluding carboxylic acids is 2. The van der Waals surface area contributed by atoms with Crippen molar-refractivity contribution in [2.75, 3.05) is 0 Å². The molecule has 1 unspecified atom stereocenters. The topological polar surface area (TPSA) is 46.2 Å². The van der Waals surface area contributed by atoms with Gasteiger partial charge < -0.3 is 5.32 Å². The highest BCUT2D eigenvalue weighted by Gasteiger charge is 2.39. The molecule has 0 saturated heterocycles. The van der Waals surface area contributed by atoms with Gasteiger partial charge in [-0.2, -0.15) is 0 Å². The summed E-state index contributed by atoms with van der Waals surface area (Å²) in [7, 11) is 0. The van der Waals surface area contributed by atoms with Crippen LogP contribution in [0.1, 0.15) is 32.6 Å². The maximum Gasteiger partial charge on any atom is 0.207 e. The second-order valence-corrected chi connectivity index (χ2v) is 2.97. The van der Waals surface area contributed by atoms with Crippen LogP contribution in [0.25, 0.3) is 0 Å². The van der Waals surface area contributed by atoms with E-state index < -0.39 is 5.54 Å². The van der Waals surface area contributed by atoms with Gasteiger partial charge in [0, 0.05) is 6.42 Å². The minimum atomic E-state index is -0.512. The lowest BCUT2D eigenvalue weighted by Crippen LogP contribution is -2.47. The molecule has 1 rings (SSSR count). The van der Waals surface area contributed by atoms with Gasteiger partial charge in [0.1, 0.15) is 0 Å². The first-order chi connectivity index (χ1) is 5.25. The van der Waals surface area contributed by atoms with Gasteiger partial charge in [-0.25, -0.2) is 0 Å². The van der Waals surface area contributed by atoms with Gasteiger partial charge >= 0.3 is 0 Å². The van der Waals surface area contributed by atoms with Gasteiger partial charge in [0.25, 0.3) is 0 Å². The van der Waals surface area contributed by atoms with E-state index in [1.165, 1.54) is 0 Å². The van der Waals surface area contributed by atoms with Crippen molar-refractivity contribution in [3.05, 3.63) is 0 Å². The zero-order chi connectivity index (χ0) is 8.32. The summed E-state index contributed by atoms with van der Waals surface area (Å²) in [5, 5.41) is 2.63. The van der Waals surface area contributed by atoms with E-state index in [0.29, 0.717) is 19.3 Å². The predicted octanol–water partition coefficient (Wildman–Crippen LogP) is 0.634. The predicted molar refractivity (Wildman–Crippen MR) is 41.1 cm³/mol. The molecule has 3 heteroatoms. The zero-order valence-electron chi connectivity index (χ0n) is 6.72. The van der Waals surface area contributed by atoms with Crippen LogP contribution in [0.5, 0.6) is 0 Å². The van der Waals surface area contributed by atoms with Crippen molar-refractivity contribution in [2.45, 2.75) is 38.1 Å². The van der Waals surface area contributed by atoms with E-state index in [1.54, 1.807) is 0 Å². The van der Waals surface area contributed by atoms with Crippen molar-refractivity contribution in [1.82, 2.24) is 5.32 Å². The van der Waals surface area contributed by atoms with E-state index in [4.69, 9.17) is 0 Å². The Bertz CT molecular complexity index is 179. The summed E-state index contributed by atoms with van der Waals surface area (Å²) in [6, 6.07) is 0. The fourth-order valence-electron chi connectivity index (χ4n) is 1.67. The summed E-state index contributed by atoms with van der Waals surface area (Å²) in [5.41, 5.74) is -0.512. The van der Waals surface area contributed by atoms with Crippen molar-refractivity contribution in [2.24, 2.45) is 0 Å². The highest BCUT2D eigenvalue weighted by molar-refractivity contribution is 5.91. The van der Waals surface area contributed by atoms with Crippen LogP contribution in [0, 0.1) is 0 Å². The summed E-state index contributed by atoms with van der Waals surface area (Å²) in [4.78, 5) is 21.5. The van der Waals surface area contributed by atoms with Crippen LogP contribution in [0.15, 0.2) is 0 Å². The molecule has 0 aliphatic heterocycles. The molecule has 1 amide bonds. The van der Waals surface area contributed by atoms with E-state index in [2.05, 4.69) is 5.32 Å².